The molecule has 2 heterocycles. The van der Waals surface area contributed by atoms with Gasteiger partial charge >= 0.3 is 0 Å². The third kappa shape index (κ3) is 2.80. The maximum atomic E-state index is 11.9. The second-order valence-electron chi connectivity index (χ2n) is 4.09. The summed E-state index contributed by atoms with van der Waals surface area (Å²) >= 11 is 0. The number of sulfone groups is 1. The summed E-state index contributed by atoms with van der Waals surface area (Å²) in [6, 6.07) is 3.74. The van der Waals surface area contributed by atoms with Crippen LogP contribution in [0.4, 0.5) is 0 Å². The van der Waals surface area contributed by atoms with Crippen LogP contribution < -0.4 is 5.32 Å². The van der Waals surface area contributed by atoms with Gasteiger partial charge in [0.1, 0.15) is 0 Å². The summed E-state index contributed by atoms with van der Waals surface area (Å²) in [5, 5.41) is 2.89. The van der Waals surface area contributed by atoms with E-state index in [1.54, 1.807) is 12.4 Å². The van der Waals surface area contributed by atoms with Crippen molar-refractivity contribution < 1.29 is 8.42 Å². The van der Waals surface area contributed by atoms with E-state index in [4.69, 9.17) is 0 Å². The Bertz CT molecular complexity index is 425. The van der Waals surface area contributed by atoms with Crippen LogP contribution >= 0.6 is 0 Å². The Kier molecular flexibility index (Phi) is 3.56. The van der Waals surface area contributed by atoms with Gasteiger partial charge in [0.05, 0.1) is 11.0 Å². The van der Waals surface area contributed by atoms with Crippen LogP contribution in [0.1, 0.15) is 12.0 Å². The molecule has 1 aromatic rings. The van der Waals surface area contributed by atoms with Gasteiger partial charge in [0.15, 0.2) is 9.84 Å². The third-order valence-electron chi connectivity index (χ3n) is 2.92. The minimum Gasteiger partial charge on any atom is -0.315 e. The second-order valence-corrected chi connectivity index (χ2v) is 6.49. The van der Waals surface area contributed by atoms with Gasteiger partial charge in [-0.1, -0.05) is 6.07 Å². The van der Waals surface area contributed by atoms with E-state index in [1.165, 1.54) is 0 Å². The second kappa shape index (κ2) is 4.93. The average Bonchev–Trinajstić information content (AvgIpc) is 2.82. The summed E-state index contributed by atoms with van der Waals surface area (Å²) < 4.78 is 23.9. The minimum absolute atomic E-state index is 0.191. The quantitative estimate of drug-likeness (QED) is 0.827. The zero-order valence-corrected chi connectivity index (χ0v) is 9.91. The van der Waals surface area contributed by atoms with Gasteiger partial charge in [-0.2, -0.15) is 0 Å². The summed E-state index contributed by atoms with van der Waals surface area (Å²) in [7, 11) is -2.95. The Labute approximate surface area is 96.0 Å². The minimum atomic E-state index is -2.95. The largest absolute Gasteiger partial charge is 0.315 e. The summed E-state index contributed by atoms with van der Waals surface area (Å²) in [6.07, 6.45) is 4.73. The number of nitrogens with zero attached hydrogens (tertiary/aromatic N) is 1. The molecule has 0 aliphatic carbocycles. The first kappa shape index (κ1) is 11.5. The number of hydrogen-bond acceptors (Lipinski definition) is 4. The smallest absolute Gasteiger partial charge is 0.154 e. The van der Waals surface area contributed by atoms with Gasteiger partial charge in [0.2, 0.25) is 0 Å². The Morgan fingerprint density at radius 2 is 2.38 bits per heavy atom. The van der Waals surface area contributed by atoms with Crippen molar-refractivity contribution in [2.45, 2.75) is 18.1 Å². The van der Waals surface area contributed by atoms with Crippen LogP contribution in [0.3, 0.4) is 0 Å². The van der Waals surface area contributed by atoms with Crippen molar-refractivity contribution in [3.63, 3.8) is 0 Å². The molecule has 1 aliphatic heterocycles. The van der Waals surface area contributed by atoms with Crippen molar-refractivity contribution in [1.29, 1.82) is 0 Å². The van der Waals surface area contributed by atoms with E-state index in [1.807, 2.05) is 12.1 Å². The zero-order chi connectivity index (χ0) is 11.4. The first-order valence-corrected chi connectivity index (χ1v) is 7.21. The summed E-state index contributed by atoms with van der Waals surface area (Å²) in [5.74, 6) is 0.227. The number of aromatic nitrogens is 1. The molecule has 0 amide bonds. The first-order valence-electron chi connectivity index (χ1n) is 5.50. The van der Waals surface area contributed by atoms with Crippen molar-refractivity contribution in [1.82, 2.24) is 10.3 Å². The molecule has 1 aliphatic rings. The monoisotopic (exact) mass is 240 g/mol. The highest BCUT2D eigenvalue weighted by molar-refractivity contribution is 7.92. The van der Waals surface area contributed by atoms with E-state index in [2.05, 4.69) is 10.3 Å². The van der Waals surface area contributed by atoms with E-state index in [0.717, 1.165) is 18.5 Å². The van der Waals surface area contributed by atoms with Gasteiger partial charge in [0.25, 0.3) is 0 Å². The molecule has 0 aromatic carbocycles. The van der Waals surface area contributed by atoms with Gasteiger partial charge < -0.3 is 5.32 Å². The third-order valence-corrected chi connectivity index (χ3v) is 5.11. The molecule has 1 atom stereocenters. The molecule has 0 bridgehead atoms. The molecule has 1 saturated heterocycles. The molecule has 88 valence electrons. The predicted molar refractivity (Wildman–Crippen MR) is 63.0 cm³/mol. The van der Waals surface area contributed by atoms with Crippen LogP contribution in [0.15, 0.2) is 24.5 Å². The normalized spacial score (nSPS) is 21.1. The Balaban J connectivity index is 1.94. The lowest BCUT2D eigenvalue weighted by molar-refractivity contribution is 0.582. The number of aryl methyl sites for hydroxylation is 1. The van der Waals surface area contributed by atoms with Crippen LogP contribution in [0.25, 0.3) is 0 Å². The zero-order valence-electron chi connectivity index (χ0n) is 9.09. The molecular formula is C11H16N2O2S. The van der Waals surface area contributed by atoms with Crippen LogP contribution in [-0.2, 0) is 16.3 Å². The van der Waals surface area contributed by atoms with Crippen LogP contribution in [-0.4, -0.2) is 37.5 Å². The number of pyridine rings is 1. The highest BCUT2D eigenvalue weighted by Gasteiger charge is 2.27. The lowest BCUT2D eigenvalue weighted by Crippen LogP contribution is -2.27. The average molecular weight is 240 g/mol. The van der Waals surface area contributed by atoms with Gasteiger partial charge in [0, 0.05) is 18.9 Å². The SMILES string of the molecule is O=S(=O)(CCc1cccnc1)C1CCNC1. The molecule has 2 rings (SSSR count). The topological polar surface area (TPSA) is 59.1 Å². The lowest BCUT2D eigenvalue weighted by Gasteiger charge is -2.09. The van der Waals surface area contributed by atoms with Gasteiger partial charge in [-0.3, -0.25) is 4.98 Å². The fourth-order valence-corrected chi connectivity index (χ4v) is 3.61. The highest BCUT2D eigenvalue weighted by atomic mass is 32.2. The van der Waals surface area contributed by atoms with E-state index in [-0.39, 0.29) is 11.0 Å². The summed E-state index contributed by atoms with van der Waals surface area (Å²) in [5.41, 5.74) is 0.983. The number of nitrogens with one attached hydrogen (secondary N) is 1. The Morgan fingerprint density at radius 3 is 3.00 bits per heavy atom. The number of hydrogen-bond donors (Lipinski definition) is 1. The maximum absolute atomic E-state index is 11.9. The van der Waals surface area contributed by atoms with Crippen LogP contribution in [0.5, 0.6) is 0 Å². The molecule has 1 N–H and O–H groups in total. The van der Waals surface area contributed by atoms with Crippen molar-refractivity contribution in [3.8, 4) is 0 Å². The van der Waals surface area contributed by atoms with Crippen molar-refractivity contribution in [2.75, 3.05) is 18.8 Å². The molecule has 4 nitrogen and oxygen atoms in total. The van der Waals surface area contributed by atoms with E-state index < -0.39 is 9.84 Å². The molecule has 0 spiro atoms. The van der Waals surface area contributed by atoms with Gasteiger partial charge in [-0.05, 0) is 31.0 Å². The maximum Gasteiger partial charge on any atom is 0.154 e. The Hall–Kier alpha value is -0.940. The fraction of sp³-hybridized carbons (Fsp3) is 0.545. The van der Waals surface area contributed by atoms with Gasteiger partial charge in [-0.15, -0.1) is 0 Å². The van der Waals surface area contributed by atoms with Crippen molar-refractivity contribution in [2.24, 2.45) is 0 Å². The molecular weight excluding hydrogens is 224 g/mol. The molecule has 1 fully saturated rings. The number of rotatable bonds is 4. The van der Waals surface area contributed by atoms with E-state index >= 15 is 0 Å². The molecule has 1 aromatic heterocycles. The highest BCUT2D eigenvalue weighted by Crippen LogP contribution is 2.12. The first-order chi connectivity index (χ1) is 7.68. The molecule has 16 heavy (non-hydrogen) atoms. The van der Waals surface area contributed by atoms with Crippen LogP contribution in [0, 0.1) is 0 Å². The fourth-order valence-electron chi connectivity index (χ4n) is 1.91. The van der Waals surface area contributed by atoms with E-state index in [0.29, 0.717) is 13.0 Å². The van der Waals surface area contributed by atoms with Crippen molar-refractivity contribution in [3.05, 3.63) is 30.1 Å². The molecule has 0 radical (unpaired) electrons. The summed E-state index contributed by atoms with van der Waals surface area (Å²) in [4.78, 5) is 3.98. The molecule has 0 saturated carbocycles. The van der Waals surface area contributed by atoms with Crippen molar-refractivity contribution >= 4 is 9.84 Å². The van der Waals surface area contributed by atoms with Crippen LogP contribution in [0.2, 0.25) is 0 Å². The summed E-state index contributed by atoms with van der Waals surface area (Å²) in [6.45, 7) is 1.42. The molecule has 5 heteroatoms. The molecule has 1 unspecified atom stereocenters. The lowest BCUT2D eigenvalue weighted by atomic mass is 10.2. The Morgan fingerprint density at radius 1 is 1.50 bits per heavy atom. The van der Waals surface area contributed by atoms with Gasteiger partial charge in [-0.25, -0.2) is 8.42 Å². The van der Waals surface area contributed by atoms with E-state index in [9.17, 15) is 8.42 Å². The predicted octanol–water partition coefficient (Wildman–Crippen LogP) is 0.401. The standard InChI is InChI=1S/C11H16N2O2S/c14-16(15,11-3-6-13-9-11)7-4-10-2-1-5-12-8-10/h1-2,5,8,11,13H,3-4,6-7,9H2.